The van der Waals surface area contributed by atoms with Gasteiger partial charge in [-0.15, -0.1) is 0 Å². The van der Waals surface area contributed by atoms with Crippen LogP contribution in [0.2, 0.25) is 5.02 Å². The van der Waals surface area contributed by atoms with Crippen LogP contribution in [0, 0.1) is 10.1 Å². The second kappa shape index (κ2) is 7.12. The predicted octanol–water partition coefficient (Wildman–Crippen LogP) is 3.62. The van der Waals surface area contributed by atoms with Gasteiger partial charge in [0.1, 0.15) is 0 Å². The van der Waals surface area contributed by atoms with Gasteiger partial charge >= 0.3 is 0 Å². The van der Waals surface area contributed by atoms with E-state index in [4.69, 9.17) is 11.6 Å². The standard InChI is InChI=1S/C13H17ClN2O2S/c14-12-5-3-6-13(16(17)18)11(12)9-15-8-10-4-1-2-7-19-10/h3,5-6,10,15H,1-2,4,7-9H2. The molecule has 2 rings (SSSR count). The lowest BCUT2D eigenvalue weighted by molar-refractivity contribution is -0.385. The zero-order valence-electron chi connectivity index (χ0n) is 10.6. The monoisotopic (exact) mass is 300 g/mol. The Morgan fingerprint density at radius 1 is 1.47 bits per heavy atom. The molecule has 0 saturated carbocycles. The van der Waals surface area contributed by atoms with Crippen molar-refractivity contribution in [2.24, 2.45) is 0 Å². The fourth-order valence-corrected chi connectivity index (χ4v) is 3.73. The molecular formula is C13H17ClN2O2S. The van der Waals surface area contributed by atoms with Gasteiger partial charge in [-0.1, -0.05) is 24.1 Å². The van der Waals surface area contributed by atoms with E-state index in [9.17, 15) is 10.1 Å². The molecule has 0 radical (unpaired) electrons. The molecule has 6 heteroatoms. The van der Waals surface area contributed by atoms with E-state index in [1.807, 2.05) is 11.8 Å². The van der Waals surface area contributed by atoms with Crippen molar-refractivity contribution in [3.05, 3.63) is 38.9 Å². The summed E-state index contributed by atoms with van der Waals surface area (Å²) in [4.78, 5) is 10.6. The number of nitrogens with one attached hydrogen (secondary N) is 1. The Kier molecular flexibility index (Phi) is 5.48. The van der Waals surface area contributed by atoms with E-state index in [0.29, 0.717) is 22.4 Å². The molecule has 4 nitrogen and oxygen atoms in total. The molecule has 1 aromatic carbocycles. The van der Waals surface area contributed by atoms with E-state index in [0.717, 1.165) is 6.54 Å². The molecule has 0 amide bonds. The predicted molar refractivity (Wildman–Crippen MR) is 79.9 cm³/mol. The minimum atomic E-state index is -0.377. The third-order valence-corrected chi connectivity index (χ3v) is 4.99. The Hall–Kier alpha value is -0.780. The summed E-state index contributed by atoms with van der Waals surface area (Å²) >= 11 is 8.03. The molecule has 1 N–H and O–H groups in total. The number of thioether (sulfide) groups is 1. The summed E-state index contributed by atoms with van der Waals surface area (Å²) in [5, 5.41) is 15.3. The van der Waals surface area contributed by atoms with Crippen LogP contribution in [0.25, 0.3) is 0 Å². The summed E-state index contributed by atoms with van der Waals surface area (Å²) in [5.74, 6) is 1.22. The van der Waals surface area contributed by atoms with E-state index in [1.54, 1.807) is 12.1 Å². The topological polar surface area (TPSA) is 55.2 Å². The number of hydrogen-bond acceptors (Lipinski definition) is 4. The van der Waals surface area contributed by atoms with Crippen molar-refractivity contribution >= 4 is 29.1 Å². The molecule has 104 valence electrons. The number of benzene rings is 1. The molecule has 1 unspecified atom stereocenters. The van der Waals surface area contributed by atoms with Gasteiger partial charge in [-0.2, -0.15) is 11.8 Å². The summed E-state index contributed by atoms with van der Waals surface area (Å²) in [5.41, 5.74) is 0.672. The fraction of sp³-hybridized carbons (Fsp3) is 0.538. The van der Waals surface area contributed by atoms with Crippen LogP contribution >= 0.6 is 23.4 Å². The highest BCUT2D eigenvalue weighted by Crippen LogP contribution is 2.27. The van der Waals surface area contributed by atoms with Crippen LogP contribution in [-0.4, -0.2) is 22.5 Å². The highest BCUT2D eigenvalue weighted by molar-refractivity contribution is 7.99. The van der Waals surface area contributed by atoms with Crippen LogP contribution < -0.4 is 5.32 Å². The van der Waals surface area contributed by atoms with Crippen molar-refractivity contribution in [2.45, 2.75) is 31.1 Å². The average Bonchev–Trinajstić information content (AvgIpc) is 2.41. The summed E-state index contributed by atoms with van der Waals surface area (Å²) in [6.07, 6.45) is 3.81. The van der Waals surface area contributed by atoms with Gasteiger partial charge in [0.15, 0.2) is 0 Å². The summed E-state index contributed by atoms with van der Waals surface area (Å²) < 4.78 is 0. The average molecular weight is 301 g/mol. The third-order valence-electron chi connectivity index (χ3n) is 3.24. The number of nitrogens with zero attached hydrogens (tertiary/aromatic N) is 1. The van der Waals surface area contributed by atoms with Crippen LogP contribution in [0.5, 0.6) is 0 Å². The van der Waals surface area contributed by atoms with Crippen molar-refractivity contribution in [3.8, 4) is 0 Å². The van der Waals surface area contributed by atoms with Crippen LogP contribution in [0.3, 0.4) is 0 Å². The zero-order valence-corrected chi connectivity index (χ0v) is 12.2. The lowest BCUT2D eigenvalue weighted by Gasteiger charge is -2.21. The maximum Gasteiger partial charge on any atom is 0.275 e. The first-order valence-electron chi connectivity index (χ1n) is 6.42. The molecule has 1 aliphatic rings. The Bertz CT molecular complexity index is 450. The molecule has 1 atom stereocenters. The number of rotatable bonds is 5. The Labute approximate surface area is 122 Å². The lowest BCUT2D eigenvalue weighted by atomic mass is 10.1. The van der Waals surface area contributed by atoms with Crippen molar-refractivity contribution in [1.29, 1.82) is 0 Å². The Morgan fingerprint density at radius 2 is 2.32 bits per heavy atom. The van der Waals surface area contributed by atoms with Gasteiger partial charge in [0.25, 0.3) is 5.69 Å². The molecule has 0 aromatic heterocycles. The molecule has 0 spiro atoms. The second-order valence-electron chi connectivity index (χ2n) is 4.61. The first-order chi connectivity index (χ1) is 9.18. The largest absolute Gasteiger partial charge is 0.311 e. The molecule has 0 bridgehead atoms. The zero-order chi connectivity index (χ0) is 13.7. The highest BCUT2D eigenvalue weighted by atomic mass is 35.5. The van der Waals surface area contributed by atoms with Crippen LogP contribution in [0.15, 0.2) is 18.2 Å². The van der Waals surface area contributed by atoms with Gasteiger partial charge in [0, 0.05) is 24.4 Å². The smallest absolute Gasteiger partial charge is 0.275 e. The van der Waals surface area contributed by atoms with Crippen molar-refractivity contribution in [2.75, 3.05) is 12.3 Å². The van der Waals surface area contributed by atoms with Crippen molar-refractivity contribution in [1.82, 2.24) is 5.32 Å². The third kappa shape index (κ3) is 4.09. The van der Waals surface area contributed by atoms with Gasteiger partial charge in [-0.25, -0.2) is 0 Å². The molecule has 0 aliphatic carbocycles. The molecule has 1 fully saturated rings. The van der Waals surface area contributed by atoms with Crippen molar-refractivity contribution < 1.29 is 4.92 Å². The van der Waals surface area contributed by atoms with Gasteiger partial charge in [-0.05, 0) is 24.7 Å². The normalized spacial score (nSPS) is 19.3. The van der Waals surface area contributed by atoms with Gasteiger partial charge in [0.2, 0.25) is 0 Å². The van der Waals surface area contributed by atoms with E-state index >= 15 is 0 Å². The number of nitro benzene ring substituents is 1. The van der Waals surface area contributed by atoms with Gasteiger partial charge < -0.3 is 5.32 Å². The highest BCUT2D eigenvalue weighted by Gasteiger charge is 2.17. The fourth-order valence-electron chi connectivity index (χ4n) is 2.22. The van der Waals surface area contributed by atoms with E-state index in [2.05, 4.69) is 5.32 Å². The van der Waals surface area contributed by atoms with Gasteiger partial charge in [0.05, 0.1) is 15.5 Å². The molecule has 1 aliphatic heterocycles. The minimum absolute atomic E-state index is 0.0938. The Balaban J connectivity index is 1.93. The second-order valence-corrected chi connectivity index (χ2v) is 6.43. The summed E-state index contributed by atoms with van der Waals surface area (Å²) in [7, 11) is 0. The van der Waals surface area contributed by atoms with E-state index in [1.165, 1.54) is 31.1 Å². The molecule has 19 heavy (non-hydrogen) atoms. The van der Waals surface area contributed by atoms with Gasteiger partial charge in [-0.3, -0.25) is 10.1 Å². The molecule has 1 heterocycles. The van der Waals surface area contributed by atoms with E-state index < -0.39 is 0 Å². The van der Waals surface area contributed by atoms with Crippen LogP contribution in [0.4, 0.5) is 5.69 Å². The van der Waals surface area contributed by atoms with E-state index in [-0.39, 0.29) is 10.6 Å². The SMILES string of the molecule is O=[N+]([O-])c1cccc(Cl)c1CNCC1CCCCS1. The lowest BCUT2D eigenvalue weighted by Crippen LogP contribution is -2.26. The maximum absolute atomic E-state index is 11.0. The van der Waals surface area contributed by atoms with Crippen LogP contribution in [0.1, 0.15) is 24.8 Å². The number of hydrogen-bond donors (Lipinski definition) is 1. The molecule has 1 saturated heterocycles. The van der Waals surface area contributed by atoms with Crippen molar-refractivity contribution in [3.63, 3.8) is 0 Å². The molecular weight excluding hydrogens is 284 g/mol. The Morgan fingerprint density at radius 3 is 3.00 bits per heavy atom. The first kappa shape index (κ1) is 14.6. The molecule has 1 aromatic rings. The number of nitro groups is 1. The quantitative estimate of drug-likeness (QED) is 0.666. The first-order valence-corrected chi connectivity index (χ1v) is 7.85. The summed E-state index contributed by atoms with van der Waals surface area (Å²) in [6, 6.07) is 4.81. The van der Waals surface area contributed by atoms with Crippen LogP contribution in [-0.2, 0) is 6.54 Å². The minimum Gasteiger partial charge on any atom is -0.311 e. The summed E-state index contributed by atoms with van der Waals surface area (Å²) in [6.45, 7) is 1.33. The maximum atomic E-state index is 11.0. The number of halogens is 1.